The molecule has 4 heteroatoms. The van der Waals surface area contributed by atoms with Crippen LogP contribution in [0.5, 0.6) is 0 Å². The lowest BCUT2D eigenvalue weighted by molar-refractivity contribution is 0.136. The van der Waals surface area contributed by atoms with Crippen LogP contribution in [0.4, 0.5) is 5.82 Å². The number of aliphatic hydroxyl groups is 1. The summed E-state index contributed by atoms with van der Waals surface area (Å²) in [7, 11) is 0. The second-order valence-corrected chi connectivity index (χ2v) is 5.32. The van der Waals surface area contributed by atoms with Crippen LogP contribution in [0.25, 0.3) is 0 Å². The Labute approximate surface area is 109 Å². The first-order chi connectivity index (χ1) is 8.52. The maximum atomic E-state index is 9.68. The molecule has 18 heavy (non-hydrogen) atoms. The number of pyridine rings is 1. The predicted molar refractivity (Wildman–Crippen MR) is 73.6 cm³/mol. The Bertz CT molecular complexity index is 431. The molecule has 0 amide bonds. The quantitative estimate of drug-likeness (QED) is 0.849. The van der Waals surface area contributed by atoms with Crippen molar-refractivity contribution >= 4 is 5.82 Å². The van der Waals surface area contributed by atoms with Crippen LogP contribution >= 0.6 is 0 Å². The SMILES string of the molecule is Cc1cc(C)c(CN)c(N2CCC(C(C)O)C2)n1. The molecule has 4 nitrogen and oxygen atoms in total. The van der Waals surface area contributed by atoms with E-state index >= 15 is 0 Å². The Morgan fingerprint density at radius 1 is 1.56 bits per heavy atom. The van der Waals surface area contributed by atoms with Gasteiger partial charge in [0.15, 0.2) is 0 Å². The fourth-order valence-corrected chi connectivity index (χ4v) is 2.73. The van der Waals surface area contributed by atoms with Crippen LogP contribution < -0.4 is 10.6 Å². The molecule has 2 atom stereocenters. The molecule has 2 rings (SSSR count). The minimum absolute atomic E-state index is 0.248. The molecule has 0 radical (unpaired) electrons. The Kier molecular flexibility index (Phi) is 3.88. The number of aromatic nitrogens is 1. The number of nitrogens with two attached hydrogens (primary N) is 1. The first kappa shape index (κ1) is 13.3. The summed E-state index contributed by atoms with van der Waals surface area (Å²) in [6.07, 6.45) is 0.776. The highest BCUT2D eigenvalue weighted by atomic mass is 16.3. The minimum atomic E-state index is -0.248. The molecular weight excluding hydrogens is 226 g/mol. The van der Waals surface area contributed by atoms with Crippen LogP contribution in [0.2, 0.25) is 0 Å². The van der Waals surface area contributed by atoms with E-state index in [2.05, 4.69) is 22.9 Å². The molecule has 1 aliphatic heterocycles. The monoisotopic (exact) mass is 249 g/mol. The van der Waals surface area contributed by atoms with Crippen LogP contribution in [-0.4, -0.2) is 29.3 Å². The third kappa shape index (κ3) is 2.49. The van der Waals surface area contributed by atoms with Crippen LogP contribution in [0, 0.1) is 19.8 Å². The van der Waals surface area contributed by atoms with Gasteiger partial charge >= 0.3 is 0 Å². The topological polar surface area (TPSA) is 62.4 Å². The molecule has 100 valence electrons. The Morgan fingerprint density at radius 2 is 2.28 bits per heavy atom. The molecule has 1 aliphatic rings. The molecule has 0 aliphatic carbocycles. The number of hydrogen-bond donors (Lipinski definition) is 2. The van der Waals surface area contributed by atoms with E-state index < -0.39 is 0 Å². The average molecular weight is 249 g/mol. The zero-order valence-corrected chi connectivity index (χ0v) is 11.5. The first-order valence-electron chi connectivity index (χ1n) is 6.63. The van der Waals surface area contributed by atoms with Gasteiger partial charge in [0, 0.05) is 36.8 Å². The van der Waals surface area contributed by atoms with Gasteiger partial charge in [-0.05, 0) is 38.8 Å². The zero-order chi connectivity index (χ0) is 13.3. The molecule has 0 bridgehead atoms. The van der Waals surface area contributed by atoms with Crippen molar-refractivity contribution in [1.82, 2.24) is 4.98 Å². The summed E-state index contributed by atoms with van der Waals surface area (Å²) in [4.78, 5) is 6.91. The summed E-state index contributed by atoms with van der Waals surface area (Å²) in [5.74, 6) is 1.36. The van der Waals surface area contributed by atoms with Crippen molar-refractivity contribution in [2.45, 2.75) is 39.8 Å². The third-order valence-electron chi connectivity index (χ3n) is 3.86. The summed E-state index contributed by atoms with van der Waals surface area (Å²) >= 11 is 0. The van der Waals surface area contributed by atoms with Gasteiger partial charge in [0.05, 0.1) is 6.10 Å². The number of anilines is 1. The van der Waals surface area contributed by atoms with Crippen molar-refractivity contribution in [3.63, 3.8) is 0 Å². The Hall–Kier alpha value is -1.13. The lowest BCUT2D eigenvalue weighted by Gasteiger charge is -2.23. The normalized spacial score (nSPS) is 21.4. The van der Waals surface area contributed by atoms with Crippen molar-refractivity contribution in [3.05, 3.63) is 22.9 Å². The highest BCUT2D eigenvalue weighted by molar-refractivity contribution is 5.52. The molecule has 0 spiro atoms. The van der Waals surface area contributed by atoms with Crippen molar-refractivity contribution in [2.24, 2.45) is 11.7 Å². The van der Waals surface area contributed by atoms with Gasteiger partial charge < -0.3 is 15.7 Å². The molecule has 1 saturated heterocycles. The van der Waals surface area contributed by atoms with E-state index in [1.807, 2.05) is 13.8 Å². The fourth-order valence-electron chi connectivity index (χ4n) is 2.73. The van der Waals surface area contributed by atoms with Crippen molar-refractivity contribution in [2.75, 3.05) is 18.0 Å². The van der Waals surface area contributed by atoms with Crippen LogP contribution in [0.3, 0.4) is 0 Å². The smallest absolute Gasteiger partial charge is 0.133 e. The van der Waals surface area contributed by atoms with E-state index in [0.717, 1.165) is 36.6 Å². The second-order valence-electron chi connectivity index (χ2n) is 5.32. The van der Waals surface area contributed by atoms with Crippen LogP contribution in [-0.2, 0) is 6.54 Å². The van der Waals surface area contributed by atoms with Crippen molar-refractivity contribution < 1.29 is 5.11 Å². The number of rotatable bonds is 3. The van der Waals surface area contributed by atoms with Crippen molar-refractivity contribution in [1.29, 1.82) is 0 Å². The summed E-state index contributed by atoms with van der Waals surface area (Å²) in [5, 5.41) is 9.68. The summed E-state index contributed by atoms with van der Waals surface area (Å²) in [6, 6.07) is 2.08. The number of hydrogen-bond acceptors (Lipinski definition) is 4. The zero-order valence-electron chi connectivity index (χ0n) is 11.5. The Morgan fingerprint density at radius 3 is 2.83 bits per heavy atom. The maximum Gasteiger partial charge on any atom is 0.133 e. The van der Waals surface area contributed by atoms with E-state index in [-0.39, 0.29) is 6.10 Å². The highest BCUT2D eigenvalue weighted by Gasteiger charge is 2.28. The lowest BCUT2D eigenvalue weighted by atomic mass is 10.0. The van der Waals surface area contributed by atoms with Crippen molar-refractivity contribution in [3.8, 4) is 0 Å². The van der Waals surface area contributed by atoms with E-state index in [1.54, 1.807) is 0 Å². The van der Waals surface area contributed by atoms with E-state index in [4.69, 9.17) is 5.73 Å². The number of aryl methyl sites for hydroxylation is 2. The minimum Gasteiger partial charge on any atom is -0.393 e. The highest BCUT2D eigenvalue weighted by Crippen LogP contribution is 2.28. The van der Waals surface area contributed by atoms with E-state index in [1.165, 1.54) is 5.56 Å². The standard InChI is InChI=1S/C14H23N3O/c1-9-6-10(2)16-14(13(9)7-15)17-5-4-12(8-17)11(3)18/h6,11-12,18H,4-5,7-8,15H2,1-3H3. The molecule has 2 heterocycles. The molecule has 1 aromatic heterocycles. The van der Waals surface area contributed by atoms with Gasteiger partial charge in [0.1, 0.15) is 5.82 Å². The fraction of sp³-hybridized carbons (Fsp3) is 0.643. The van der Waals surface area contributed by atoms with E-state index in [0.29, 0.717) is 12.5 Å². The molecule has 0 saturated carbocycles. The molecule has 2 unspecified atom stereocenters. The molecule has 3 N–H and O–H groups in total. The number of aliphatic hydroxyl groups excluding tert-OH is 1. The lowest BCUT2D eigenvalue weighted by Crippen LogP contribution is -2.26. The molecule has 0 aromatic carbocycles. The van der Waals surface area contributed by atoms with E-state index in [9.17, 15) is 5.11 Å². The molecular formula is C14H23N3O. The molecule has 1 aromatic rings. The van der Waals surface area contributed by atoms with Gasteiger partial charge in [-0.3, -0.25) is 0 Å². The molecule has 1 fully saturated rings. The predicted octanol–water partition coefficient (Wildman–Crippen LogP) is 1.36. The van der Waals surface area contributed by atoms with Gasteiger partial charge in [-0.1, -0.05) is 0 Å². The van der Waals surface area contributed by atoms with Gasteiger partial charge in [-0.2, -0.15) is 0 Å². The Balaban J connectivity index is 2.29. The maximum absolute atomic E-state index is 9.68. The van der Waals surface area contributed by atoms with Gasteiger partial charge in [0.25, 0.3) is 0 Å². The average Bonchev–Trinajstić information content (AvgIpc) is 2.77. The second kappa shape index (κ2) is 5.24. The van der Waals surface area contributed by atoms with Gasteiger partial charge in [-0.15, -0.1) is 0 Å². The first-order valence-corrected chi connectivity index (χ1v) is 6.63. The summed E-state index contributed by atoms with van der Waals surface area (Å²) in [6.45, 7) is 8.32. The van der Waals surface area contributed by atoms with Crippen LogP contribution in [0.1, 0.15) is 30.2 Å². The summed E-state index contributed by atoms with van der Waals surface area (Å²) < 4.78 is 0. The van der Waals surface area contributed by atoms with Gasteiger partial charge in [0.2, 0.25) is 0 Å². The summed E-state index contributed by atoms with van der Waals surface area (Å²) in [5.41, 5.74) is 9.22. The van der Waals surface area contributed by atoms with Gasteiger partial charge in [-0.25, -0.2) is 4.98 Å². The number of nitrogens with zero attached hydrogens (tertiary/aromatic N) is 2. The van der Waals surface area contributed by atoms with Crippen LogP contribution in [0.15, 0.2) is 6.07 Å². The largest absolute Gasteiger partial charge is 0.393 e. The third-order valence-corrected chi connectivity index (χ3v) is 3.86.